The minimum Gasteiger partial charge on any atom is -0.448 e. The Hall–Kier alpha value is -2.99. The van der Waals surface area contributed by atoms with Crippen LogP contribution in [0.1, 0.15) is 16.1 Å². The highest BCUT2D eigenvalue weighted by atomic mass is 32.1. The zero-order chi connectivity index (χ0) is 17.9. The number of aromatic nitrogens is 1. The van der Waals surface area contributed by atoms with Gasteiger partial charge < -0.3 is 9.73 Å². The van der Waals surface area contributed by atoms with Gasteiger partial charge in [0.25, 0.3) is 5.91 Å². The maximum Gasteiger partial charge on any atom is 0.287 e. The third kappa shape index (κ3) is 3.50. The number of rotatable bonds is 5. The summed E-state index contributed by atoms with van der Waals surface area (Å²) in [4.78, 5) is 16.8. The number of hydrogen-bond donors (Lipinski definition) is 1. The van der Waals surface area contributed by atoms with Crippen LogP contribution in [0.25, 0.3) is 21.0 Å². The highest BCUT2D eigenvalue weighted by molar-refractivity contribution is 7.21. The van der Waals surface area contributed by atoms with E-state index in [0.717, 1.165) is 20.8 Å². The largest absolute Gasteiger partial charge is 0.448 e. The lowest BCUT2D eigenvalue weighted by atomic mass is 10.1. The molecular formula is C20H15FN2O2S. The van der Waals surface area contributed by atoms with E-state index >= 15 is 0 Å². The van der Waals surface area contributed by atoms with E-state index in [1.165, 1.54) is 23.5 Å². The Bertz CT molecular complexity index is 1020. The first kappa shape index (κ1) is 16.5. The van der Waals surface area contributed by atoms with Gasteiger partial charge in [-0.3, -0.25) is 4.79 Å². The van der Waals surface area contributed by atoms with E-state index in [0.29, 0.717) is 18.7 Å². The van der Waals surface area contributed by atoms with Gasteiger partial charge in [0.05, 0.1) is 10.2 Å². The van der Waals surface area contributed by atoms with Gasteiger partial charge in [-0.1, -0.05) is 24.3 Å². The van der Waals surface area contributed by atoms with Gasteiger partial charge in [0, 0.05) is 6.54 Å². The fourth-order valence-electron chi connectivity index (χ4n) is 2.61. The Morgan fingerprint density at radius 2 is 1.88 bits per heavy atom. The van der Waals surface area contributed by atoms with Crippen molar-refractivity contribution in [1.29, 1.82) is 0 Å². The number of thiazole rings is 1. The summed E-state index contributed by atoms with van der Waals surface area (Å²) in [6.45, 7) is 0.446. The number of fused-ring (bicyclic) bond motifs is 1. The average molecular weight is 366 g/mol. The zero-order valence-corrected chi connectivity index (χ0v) is 14.6. The monoisotopic (exact) mass is 366 g/mol. The fraction of sp³-hybridized carbons (Fsp3) is 0.100. The SMILES string of the molecule is O=C(NCCc1ccc(F)cc1)c1ccc(-c2nc3ccccc3s2)o1. The standard InChI is InChI=1S/C20H15FN2O2S/c21-14-7-5-13(6-8-14)11-12-22-19(24)16-9-10-17(25-16)20-23-15-3-1-2-4-18(15)26-20/h1-10H,11-12H2,(H,22,24). The van der Waals surface area contributed by atoms with Gasteiger partial charge in [0.15, 0.2) is 16.5 Å². The lowest BCUT2D eigenvalue weighted by molar-refractivity contribution is 0.0927. The van der Waals surface area contributed by atoms with Crippen molar-refractivity contribution < 1.29 is 13.6 Å². The van der Waals surface area contributed by atoms with E-state index < -0.39 is 0 Å². The van der Waals surface area contributed by atoms with Crippen LogP contribution >= 0.6 is 11.3 Å². The van der Waals surface area contributed by atoms with Crippen molar-refractivity contribution in [2.45, 2.75) is 6.42 Å². The van der Waals surface area contributed by atoms with Crippen LogP contribution in [0, 0.1) is 5.82 Å². The summed E-state index contributed by atoms with van der Waals surface area (Å²) >= 11 is 1.52. The number of carbonyl (C=O) groups is 1. The van der Waals surface area contributed by atoms with Gasteiger partial charge in [0.2, 0.25) is 0 Å². The number of amides is 1. The molecule has 0 aliphatic carbocycles. The van der Waals surface area contributed by atoms with Gasteiger partial charge in [-0.25, -0.2) is 9.37 Å². The topological polar surface area (TPSA) is 55.1 Å². The van der Waals surface area contributed by atoms with Gasteiger partial charge in [-0.05, 0) is 48.4 Å². The van der Waals surface area contributed by atoms with Crippen molar-refractivity contribution in [2.24, 2.45) is 0 Å². The number of hydrogen-bond acceptors (Lipinski definition) is 4. The van der Waals surface area contributed by atoms with Gasteiger partial charge in [-0.15, -0.1) is 11.3 Å². The van der Waals surface area contributed by atoms with E-state index in [4.69, 9.17) is 4.42 Å². The summed E-state index contributed by atoms with van der Waals surface area (Å²) in [5, 5.41) is 3.56. The molecule has 2 aromatic heterocycles. The molecule has 0 aliphatic heterocycles. The molecule has 26 heavy (non-hydrogen) atoms. The summed E-state index contributed by atoms with van der Waals surface area (Å²) in [5.41, 5.74) is 1.87. The van der Waals surface area contributed by atoms with E-state index in [9.17, 15) is 9.18 Å². The molecule has 4 nitrogen and oxygen atoms in total. The molecule has 130 valence electrons. The second kappa shape index (κ2) is 7.09. The van der Waals surface area contributed by atoms with Crippen LogP contribution in [0.5, 0.6) is 0 Å². The van der Waals surface area contributed by atoms with Crippen molar-refractivity contribution in [2.75, 3.05) is 6.54 Å². The lowest BCUT2D eigenvalue weighted by Crippen LogP contribution is -2.25. The highest BCUT2D eigenvalue weighted by Gasteiger charge is 2.14. The van der Waals surface area contributed by atoms with Crippen LogP contribution in [0.15, 0.2) is 65.1 Å². The van der Waals surface area contributed by atoms with Gasteiger partial charge in [0.1, 0.15) is 5.82 Å². The molecule has 4 aromatic rings. The Morgan fingerprint density at radius 3 is 2.69 bits per heavy atom. The van der Waals surface area contributed by atoms with E-state index in [2.05, 4.69) is 10.3 Å². The molecule has 0 saturated carbocycles. The molecule has 0 radical (unpaired) electrons. The summed E-state index contributed by atoms with van der Waals surface area (Å²) < 4.78 is 19.6. The van der Waals surface area contributed by atoms with Crippen molar-refractivity contribution in [3.8, 4) is 10.8 Å². The van der Waals surface area contributed by atoms with Crippen molar-refractivity contribution in [3.05, 3.63) is 77.8 Å². The van der Waals surface area contributed by atoms with Crippen molar-refractivity contribution >= 4 is 27.5 Å². The molecule has 0 atom stereocenters. The Balaban J connectivity index is 1.40. The molecule has 2 aromatic carbocycles. The predicted molar refractivity (Wildman–Crippen MR) is 99.8 cm³/mol. The van der Waals surface area contributed by atoms with E-state index in [1.54, 1.807) is 24.3 Å². The molecule has 0 spiro atoms. The number of nitrogens with one attached hydrogen (secondary N) is 1. The number of furan rings is 1. The smallest absolute Gasteiger partial charge is 0.287 e. The number of halogens is 1. The first-order valence-corrected chi connectivity index (χ1v) is 8.99. The molecular weight excluding hydrogens is 351 g/mol. The van der Waals surface area contributed by atoms with Crippen LogP contribution in [0.3, 0.4) is 0 Å². The number of carbonyl (C=O) groups excluding carboxylic acids is 1. The molecule has 4 rings (SSSR count). The predicted octanol–water partition coefficient (Wildman–Crippen LogP) is 4.67. The first-order chi connectivity index (χ1) is 12.7. The van der Waals surface area contributed by atoms with Crippen LogP contribution in [-0.4, -0.2) is 17.4 Å². The first-order valence-electron chi connectivity index (χ1n) is 8.17. The molecule has 2 heterocycles. The lowest BCUT2D eigenvalue weighted by Gasteiger charge is -2.03. The minimum absolute atomic E-state index is 0.248. The van der Waals surface area contributed by atoms with Crippen molar-refractivity contribution in [1.82, 2.24) is 10.3 Å². The maximum atomic E-state index is 12.9. The normalized spacial score (nSPS) is 11.0. The quantitative estimate of drug-likeness (QED) is 0.558. The van der Waals surface area contributed by atoms with Crippen LogP contribution in [0.4, 0.5) is 4.39 Å². The molecule has 1 amide bonds. The molecule has 0 unspecified atom stereocenters. The van der Waals surface area contributed by atoms with Gasteiger partial charge in [-0.2, -0.15) is 0 Å². The summed E-state index contributed by atoms with van der Waals surface area (Å²) in [5.74, 6) is 0.281. The summed E-state index contributed by atoms with van der Waals surface area (Å²) in [7, 11) is 0. The summed E-state index contributed by atoms with van der Waals surface area (Å²) in [6.07, 6.45) is 0.622. The third-order valence-corrected chi connectivity index (χ3v) is 5.00. The van der Waals surface area contributed by atoms with Crippen LogP contribution in [0.2, 0.25) is 0 Å². The molecule has 0 fully saturated rings. The highest BCUT2D eigenvalue weighted by Crippen LogP contribution is 2.31. The number of nitrogens with zero attached hydrogens (tertiary/aromatic N) is 1. The molecule has 1 N–H and O–H groups in total. The zero-order valence-electron chi connectivity index (χ0n) is 13.7. The minimum atomic E-state index is -0.278. The van der Waals surface area contributed by atoms with E-state index in [1.807, 2.05) is 24.3 Å². The second-order valence-corrected chi connectivity index (χ2v) is 6.81. The third-order valence-electron chi connectivity index (χ3n) is 3.95. The number of para-hydroxylation sites is 1. The van der Waals surface area contributed by atoms with Crippen molar-refractivity contribution in [3.63, 3.8) is 0 Å². The maximum absolute atomic E-state index is 12.9. The van der Waals surface area contributed by atoms with Crippen LogP contribution < -0.4 is 5.32 Å². The summed E-state index contributed by atoms with van der Waals surface area (Å²) in [6, 6.07) is 17.5. The Kier molecular flexibility index (Phi) is 4.50. The van der Waals surface area contributed by atoms with Gasteiger partial charge >= 0.3 is 0 Å². The van der Waals surface area contributed by atoms with E-state index in [-0.39, 0.29) is 17.5 Å². The number of benzene rings is 2. The molecule has 0 aliphatic rings. The fourth-order valence-corrected chi connectivity index (χ4v) is 3.54. The Labute approximate surface area is 153 Å². The average Bonchev–Trinajstić information content (AvgIpc) is 3.30. The van der Waals surface area contributed by atoms with Crippen LogP contribution in [-0.2, 0) is 6.42 Å². The Morgan fingerprint density at radius 1 is 1.08 bits per heavy atom. The molecule has 6 heteroatoms. The molecule has 0 bridgehead atoms. The molecule has 0 saturated heterocycles. The second-order valence-electron chi connectivity index (χ2n) is 5.78.